The SMILES string of the molecule is Cc1cccc(C(c2cccc(OCCNS(C)(=O)=O)c2)c2cnc[nH]2)c1C. The highest BCUT2D eigenvalue weighted by Crippen LogP contribution is 2.34. The van der Waals surface area contributed by atoms with Crippen molar-refractivity contribution in [3.63, 3.8) is 0 Å². The van der Waals surface area contributed by atoms with Gasteiger partial charge in [-0.1, -0.05) is 30.3 Å². The number of imidazole rings is 1. The molecule has 1 heterocycles. The third-order valence-corrected chi connectivity index (χ3v) is 5.44. The molecule has 1 atom stereocenters. The van der Waals surface area contributed by atoms with E-state index in [1.165, 1.54) is 16.7 Å². The molecule has 148 valence electrons. The first kappa shape index (κ1) is 20.1. The summed E-state index contributed by atoms with van der Waals surface area (Å²) in [5.74, 6) is 0.697. The molecule has 0 bridgehead atoms. The summed E-state index contributed by atoms with van der Waals surface area (Å²) in [6.45, 7) is 4.72. The van der Waals surface area contributed by atoms with Gasteiger partial charge in [-0.15, -0.1) is 0 Å². The lowest BCUT2D eigenvalue weighted by molar-refractivity contribution is 0.322. The summed E-state index contributed by atoms with van der Waals surface area (Å²) in [6.07, 6.45) is 4.66. The van der Waals surface area contributed by atoms with Crippen molar-refractivity contribution in [2.24, 2.45) is 0 Å². The van der Waals surface area contributed by atoms with E-state index in [0.717, 1.165) is 17.5 Å². The Morgan fingerprint density at radius 2 is 1.96 bits per heavy atom. The fourth-order valence-electron chi connectivity index (χ4n) is 3.22. The van der Waals surface area contributed by atoms with E-state index >= 15 is 0 Å². The maximum absolute atomic E-state index is 11.2. The molecular weight excluding hydrogens is 374 g/mol. The lowest BCUT2D eigenvalue weighted by Crippen LogP contribution is -2.26. The van der Waals surface area contributed by atoms with E-state index in [1.807, 2.05) is 24.4 Å². The Morgan fingerprint density at radius 3 is 2.68 bits per heavy atom. The number of aromatic amines is 1. The van der Waals surface area contributed by atoms with E-state index in [2.05, 4.69) is 52.8 Å². The Hall–Kier alpha value is -2.64. The summed E-state index contributed by atoms with van der Waals surface area (Å²) in [6, 6.07) is 14.2. The highest BCUT2D eigenvalue weighted by Gasteiger charge is 2.21. The molecule has 2 N–H and O–H groups in total. The molecule has 3 aromatic rings. The largest absolute Gasteiger partial charge is 0.492 e. The molecule has 6 nitrogen and oxygen atoms in total. The molecule has 1 aromatic heterocycles. The van der Waals surface area contributed by atoms with Crippen LogP contribution in [0.25, 0.3) is 0 Å². The van der Waals surface area contributed by atoms with Gasteiger partial charge in [0.05, 0.1) is 18.5 Å². The second kappa shape index (κ2) is 8.58. The first-order valence-electron chi connectivity index (χ1n) is 9.07. The van der Waals surface area contributed by atoms with Crippen LogP contribution in [-0.4, -0.2) is 37.8 Å². The Morgan fingerprint density at radius 1 is 1.18 bits per heavy atom. The molecule has 28 heavy (non-hydrogen) atoms. The van der Waals surface area contributed by atoms with Gasteiger partial charge in [-0.05, 0) is 48.2 Å². The number of aromatic nitrogens is 2. The predicted molar refractivity (Wildman–Crippen MR) is 110 cm³/mol. The fourth-order valence-corrected chi connectivity index (χ4v) is 3.67. The van der Waals surface area contributed by atoms with Crippen molar-refractivity contribution < 1.29 is 13.2 Å². The highest BCUT2D eigenvalue weighted by atomic mass is 32.2. The Balaban J connectivity index is 1.88. The number of H-pyrrole nitrogens is 1. The standard InChI is InChI=1S/C21H25N3O3S/c1-15-6-4-9-19(16(15)2)21(20-13-22-14-23-20)17-7-5-8-18(12-17)27-11-10-24-28(3,25)26/h4-9,12-14,21,24H,10-11H2,1-3H3,(H,22,23). The predicted octanol–water partition coefficient (Wildman–Crippen LogP) is 3.13. The third kappa shape index (κ3) is 4.99. The van der Waals surface area contributed by atoms with Crippen molar-refractivity contribution in [1.82, 2.24) is 14.7 Å². The van der Waals surface area contributed by atoms with Gasteiger partial charge in [-0.3, -0.25) is 0 Å². The number of benzene rings is 2. The van der Waals surface area contributed by atoms with Crippen molar-refractivity contribution in [2.45, 2.75) is 19.8 Å². The summed E-state index contributed by atoms with van der Waals surface area (Å²) in [5, 5.41) is 0. The summed E-state index contributed by atoms with van der Waals surface area (Å²) in [7, 11) is -3.22. The second-order valence-corrected chi connectivity index (χ2v) is 8.65. The van der Waals surface area contributed by atoms with E-state index in [1.54, 1.807) is 6.33 Å². The van der Waals surface area contributed by atoms with Gasteiger partial charge in [0.25, 0.3) is 0 Å². The molecule has 0 aliphatic heterocycles. The van der Waals surface area contributed by atoms with Crippen LogP contribution in [0, 0.1) is 13.8 Å². The number of rotatable bonds is 8. The zero-order valence-corrected chi connectivity index (χ0v) is 17.1. The number of hydrogen-bond acceptors (Lipinski definition) is 4. The number of nitrogens with one attached hydrogen (secondary N) is 2. The minimum absolute atomic E-state index is 0.0000876. The molecule has 0 radical (unpaired) electrons. The number of sulfonamides is 1. The van der Waals surface area contributed by atoms with Crippen LogP contribution in [0.4, 0.5) is 0 Å². The monoisotopic (exact) mass is 399 g/mol. The zero-order valence-electron chi connectivity index (χ0n) is 16.3. The van der Waals surface area contributed by atoms with Gasteiger partial charge in [-0.2, -0.15) is 0 Å². The van der Waals surface area contributed by atoms with E-state index < -0.39 is 10.0 Å². The van der Waals surface area contributed by atoms with Crippen LogP contribution in [0.15, 0.2) is 55.0 Å². The van der Waals surface area contributed by atoms with E-state index in [-0.39, 0.29) is 19.1 Å². The van der Waals surface area contributed by atoms with Crippen LogP contribution in [0.2, 0.25) is 0 Å². The zero-order chi connectivity index (χ0) is 20.1. The Kier molecular flexibility index (Phi) is 6.16. The Bertz CT molecular complexity index is 1030. The van der Waals surface area contributed by atoms with Gasteiger partial charge < -0.3 is 9.72 Å². The third-order valence-electron chi connectivity index (χ3n) is 4.71. The van der Waals surface area contributed by atoms with Crippen LogP contribution in [0.3, 0.4) is 0 Å². The molecule has 0 fully saturated rings. The quantitative estimate of drug-likeness (QED) is 0.570. The lowest BCUT2D eigenvalue weighted by atomic mass is 9.85. The number of aryl methyl sites for hydroxylation is 1. The molecule has 0 aliphatic rings. The summed E-state index contributed by atoms with van der Waals surface area (Å²) in [5.41, 5.74) is 5.77. The van der Waals surface area contributed by atoms with E-state index in [9.17, 15) is 8.42 Å². The fraction of sp³-hybridized carbons (Fsp3) is 0.286. The molecule has 1 unspecified atom stereocenters. The number of nitrogens with zero attached hydrogens (tertiary/aromatic N) is 1. The minimum atomic E-state index is -3.22. The van der Waals surface area contributed by atoms with Crippen molar-refractivity contribution in [1.29, 1.82) is 0 Å². The average Bonchev–Trinajstić information content (AvgIpc) is 3.16. The van der Waals surface area contributed by atoms with Crippen LogP contribution >= 0.6 is 0 Å². The average molecular weight is 400 g/mol. The van der Waals surface area contributed by atoms with Crippen LogP contribution in [0.5, 0.6) is 5.75 Å². The molecule has 2 aromatic carbocycles. The first-order chi connectivity index (χ1) is 13.3. The van der Waals surface area contributed by atoms with Crippen LogP contribution in [0.1, 0.15) is 33.9 Å². The second-order valence-electron chi connectivity index (χ2n) is 6.82. The van der Waals surface area contributed by atoms with Crippen molar-refractivity contribution in [2.75, 3.05) is 19.4 Å². The topological polar surface area (TPSA) is 84.1 Å². The van der Waals surface area contributed by atoms with Gasteiger partial charge >= 0.3 is 0 Å². The molecule has 0 saturated carbocycles. The molecule has 0 saturated heterocycles. The maximum Gasteiger partial charge on any atom is 0.208 e. The van der Waals surface area contributed by atoms with E-state index in [0.29, 0.717) is 5.75 Å². The molecule has 0 spiro atoms. The molecule has 3 rings (SSSR count). The van der Waals surface area contributed by atoms with Crippen LogP contribution < -0.4 is 9.46 Å². The van der Waals surface area contributed by atoms with Crippen molar-refractivity contribution in [3.05, 3.63) is 82.9 Å². The highest BCUT2D eigenvalue weighted by molar-refractivity contribution is 7.88. The van der Waals surface area contributed by atoms with Gasteiger partial charge in [0.1, 0.15) is 12.4 Å². The van der Waals surface area contributed by atoms with Crippen LogP contribution in [-0.2, 0) is 10.0 Å². The minimum Gasteiger partial charge on any atom is -0.492 e. The van der Waals surface area contributed by atoms with Crippen molar-refractivity contribution in [3.8, 4) is 5.75 Å². The number of ether oxygens (including phenoxy) is 1. The summed E-state index contributed by atoms with van der Waals surface area (Å²) in [4.78, 5) is 7.44. The molecule has 0 aliphatic carbocycles. The summed E-state index contributed by atoms with van der Waals surface area (Å²) >= 11 is 0. The first-order valence-corrected chi connectivity index (χ1v) is 11.0. The van der Waals surface area contributed by atoms with Gasteiger partial charge in [0.15, 0.2) is 0 Å². The summed E-state index contributed by atoms with van der Waals surface area (Å²) < 4.78 is 30.5. The normalized spacial score (nSPS) is 12.7. The lowest BCUT2D eigenvalue weighted by Gasteiger charge is -2.21. The van der Waals surface area contributed by atoms with E-state index in [4.69, 9.17) is 4.74 Å². The molecule has 7 heteroatoms. The van der Waals surface area contributed by atoms with Crippen molar-refractivity contribution >= 4 is 10.0 Å². The van der Waals surface area contributed by atoms with Gasteiger partial charge in [-0.25, -0.2) is 18.1 Å². The smallest absolute Gasteiger partial charge is 0.208 e. The number of hydrogen-bond donors (Lipinski definition) is 2. The molecule has 0 amide bonds. The maximum atomic E-state index is 11.2. The van der Waals surface area contributed by atoms with Gasteiger partial charge in [0, 0.05) is 18.4 Å². The van der Waals surface area contributed by atoms with Gasteiger partial charge in [0.2, 0.25) is 10.0 Å². The Labute approximate surface area is 166 Å². The molecular formula is C21H25N3O3S.